The molecule has 1 aliphatic rings. The first-order valence-corrected chi connectivity index (χ1v) is 13.9. The fraction of sp³-hybridized carbons (Fsp3) is 0.364. The van der Waals surface area contributed by atoms with E-state index in [1.807, 2.05) is 65.9 Å². The van der Waals surface area contributed by atoms with Crippen LogP contribution in [0, 0.1) is 5.92 Å². The van der Waals surface area contributed by atoms with Crippen molar-refractivity contribution in [3.05, 3.63) is 89.6 Å². The van der Waals surface area contributed by atoms with Crippen molar-refractivity contribution in [2.24, 2.45) is 13.0 Å². The Balaban J connectivity index is 1.56. The molecule has 0 bridgehead atoms. The summed E-state index contributed by atoms with van der Waals surface area (Å²) in [7, 11) is 4.01. The van der Waals surface area contributed by atoms with Gasteiger partial charge in [0.25, 0.3) is 5.91 Å². The fourth-order valence-electron chi connectivity index (χ4n) is 5.81. The molecule has 7 nitrogen and oxygen atoms in total. The monoisotopic (exact) mass is 541 g/mol. The Morgan fingerprint density at radius 3 is 2.50 bits per heavy atom. The lowest BCUT2D eigenvalue weighted by Crippen LogP contribution is -2.47. The summed E-state index contributed by atoms with van der Waals surface area (Å²) in [4.78, 5) is 18.5. The molecule has 0 saturated carbocycles. The molecule has 210 valence electrons. The number of carbonyl (C=O) groups is 1. The second-order valence-corrected chi connectivity index (χ2v) is 11.1. The number of hydrogen-bond acceptors (Lipinski definition) is 5. The molecule has 3 aromatic carbocycles. The van der Waals surface area contributed by atoms with Crippen molar-refractivity contribution in [2.75, 3.05) is 26.7 Å². The van der Waals surface area contributed by atoms with E-state index in [9.17, 15) is 15.0 Å². The number of aromatic hydroxyl groups is 1. The minimum atomic E-state index is -0.354. The summed E-state index contributed by atoms with van der Waals surface area (Å²) < 4.78 is 8.68. The van der Waals surface area contributed by atoms with E-state index in [4.69, 9.17) is 4.74 Å². The van der Waals surface area contributed by atoms with Crippen molar-refractivity contribution in [1.29, 1.82) is 0 Å². The van der Waals surface area contributed by atoms with Gasteiger partial charge in [-0.15, -0.1) is 0 Å². The van der Waals surface area contributed by atoms with Crippen LogP contribution in [0.15, 0.2) is 72.8 Å². The van der Waals surface area contributed by atoms with Gasteiger partial charge in [0, 0.05) is 49.1 Å². The number of carbonyl (C=O) groups excluding carboxylic acids is 1. The number of benzene rings is 3. The largest absolute Gasteiger partial charge is 0.508 e. The molecule has 7 heteroatoms. The number of likely N-dealkylation sites (N-methyl/N-ethyl adjacent to an activating group) is 1. The van der Waals surface area contributed by atoms with Crippen LogP contribution in [0.5, 0.6) is 5.75 Å². The van der Waals surface area contributed by atoms with Crippen molar-refractivity contribution < 1.29 is 19.7 Å². The maximum atomic E-state index is 14.4. The maximum Gasteiger partial charge on any atom is 0.271 e. The minimum Gasteiger partial charge on any atom is -0.508 e. The molecule has 2 N–H and O–H groups in total. The third-order valence-electron chi connectivity index (χ3n) is 8.11. The van der Waals surface area contributed by atoms with Gasteiger partial charge in [0.05, 0.1) is 25.4 Å². The number of para-hydroxylation sites is 1. The van der Waals surface area contributed by atoms with E-state index in [0.717, 1.165) is 33.2 Å². The van der Waals surface area contributed by atoms with Gasteiger partial charge in [-0.2, -0.15) is 0 Å². The third kappa shape index (κ3) is 5.50. The Hall–Kier alpha value is -3.65. The molecule has 5 rings (SSSR count). The summed E-state index contributed by atoms with van der Waals surface area (Å²) in [5, 5.41) is 20.9. The van der Waals surface area contributed by atoms with Crippen molar-refractivity contribution in [1.82, 2.24) is 14.4 Å². The fourth-order valence-corrected chi connectivity index (χ4v) is 5.81. The quantitative estimate of drug-likeness (QED) is 0.358. The number of aromatic nitrogens is 1. The number of amides is 1. The second kappa shape index (κ2) is 11.8. The highest BCUT2D eigenvalue weighted by Gasteiger charge is 2.33. The van der Waals surface area contributed by atoms with Gasteiger partial charge >= 0.3 is 0 Å². The number of aryl methyl sites for hydroxylation is 1. The highest BCUT2D eigenvalue weighted by atomic mass is 16.5. The van der Waals surface area contributed by atoms with Crippen molar-refractivity contribution >= 4 is 16.8 Å². The number of aliphatic hydroxyl groups is 1. The summed E-state index contributed by atoms with van der Waals surface area (Å²) in [6.45, 7) is 6.13. The molecule has 0 radical (unpaired) electrons. The summed E-state index contributed by atoms with van der Waals surface area (Å²) in [6, 6.07) is 23.2. The Labute approximate surface area is 236 Å². The zero-order chi connectivity index (χ0) is 28.4. The molecule has 1 amide bonds. The SMILES string of the molecule is C[C@H]1CN([C@@H](C)CO)C(=O)c2c(c3ccccc3n2C)-c2ccccc2CO[C@H]1CN(C)Cc1ccc(O)cc1. The highest BCUT2D eigenvalue weighted by Crippen LogP contribution is 2.38. The number of phenols is 1. The van der Waals surface area contributed by atoms with Crippen LogP contribution in [0.2, 0.25) is 0 Å². The topological polar surface area (TPSA) is 78.2 Å². The Morgan fingerprint density at radius 2 is 1.75 bits per heavy atom. The smallest absolute Gasteiger partial charge is 0.271 e. The van der Waals surface area contributed by atoms with Gasteiger partial charge in [-0.05, 0) is 48.9 Å². The number of ether oxygens (including phenoxy) is 1. The van der Waals surface area contributed by atoms with Gasteiger partial charge in [0.2, 0.25) is 0 Å². The van der Waals surface area contributed by atoms with E-state index in [0.29, 0.717) is 31.9 Å². The van der Waals surface area contributed by atoms with Crippen LogP contribution >= 0.6 is 0 Å². The second-order valence-electron chi connectivity index (χ2n) is 11.1. The van der Waals surface area contributed by atoms with Gasteiger partial charge in [0.1, 0.15) is 11.4 Å². The molecule has 0 aliphatic carbocycles. The first kappa shape index (κ1) is 27.9. The average Bonchev–Trinajstić information content (AvgIpc) is 3.25. The Kier molecular flexibility index (Phi) is 8.26. The van der Waals surface area contributed by atoms with E-state index in [1.54, 1.807) is 12.1 Å². The van der Waals surface area contributed by atoms with Gasteiger partial charge < -0.3 is 24.4 Å². The van der Waals surface area contributed by atoms with E-state index in [1.165, 1.54) is 0 Å². The minimum absolute atomic E-state index is 0.00335. The molecule has 2 heterocycles. The highest BCUT2D eigenvalue weighted by molar-refractivity contribution is 6.10. The number of rotatable bonds is 6. The van der Waals surface area contributed by atoms with Crippen LogP contribution in [0.3, 0.4) is 0 Å². The van der Waals surface area contributed by atoms with Crippen molar-refractivity contribution in [3.63, 3.8) is 0 Å². The zero-order valence-corrected chi connectivity index (χ0v) is 23.7. The van der Waals surface area contributed by atoms with Gasteiger partial charge in [-0.3, -0.25) is 9.69 Å². The summed E-state index contributed by atoms with van der Waals surface area (Å²) in [6.07, 6.45) is -0.158. The molecule has 0 unspecified atom stereocenters. The molecule has 3 atom stereocenters. The number of aliphatic hydroxyl groups excluding tert-OH is 1. The van der Waals surface area contributed by atoms with Gasteiger partial charge in [-0.1, -0.05) is 61.5 Å². The number of fused-ring (bicyclic) bond motifs is 5. The maximum absolute atomic E-state index is 14.4. The molecule has 40 heavy (non-hydrogen) atoms. The van der Waals surface area contributed by atoms with Crippen LogP contribution in [0.25, 0.3) is 22.0 Å². The normalized spacial score (nSPS) is 18.9. The van der Waals surface area contributed by atoms with Gasteiger partial charge in [-0.25, -0.2) is 0 Å². The number of nitrogens with zero attached hydrogens (tertiary/aromatic N) is 3. The standard InChI is InChI=1S/C33H39N3O4/c1-22-17-36(23(2)20-37)33(39)32-31(28-11-7-8-12-29(28)35(32)4)27-10-6-5-9-25(27)21-40-30(22)19-34(3)18-24-13-15-26(38)16-14-24/h5-16,22-23,30,37-38H,17-21H2,1-4H3/t22-,23-,30-/m0/s1. The number of hydrogen-bond donors (Lipinski definition) is 2. The molecule has 0 fully saturated rings. The molecule has 1 aromatic heterocycles. The van der Waals surface area contributed by atoms with E-state index in [-0.39, 0.29) is 36.3 Å². The van der Waals surface area contributed by atoms with Crippen LogP contribution in [0.1, 0.15) is 35.5 Å². The Morgan fingerprint density at radius 1 is 1.05 bits per heavy atom. The van der Waals surface area contributed by atoms with E-state index < -0.39 is 0 Å². The molecule has 4 aromatic rings. The molecular formula is C33H39N3O4. The summed E-state index contributed by atoms with van der Waals surface area (Å²) in [5.74, 6) is 0.167. The Bertz CT molecular complexity index is 1480. The van der Waals surface area contributed by atoms with Crippen LogP contribution < -0.4 is 0 Å². The van der Waals surface area contributed by atoms with E-state index >= 15 is 0 Å². The van der Waals surface area contributed by atoms with Crippen LogP contribution in [0.4, 0.5) is 0 Å². The molecule has 1 aliphatic heterocycles. The average molecular weight is 542 g/mol. The summed E-state index contributed by atoms with van der Waals surface area (Å²) >= 11 is 0. The molecule has 0 spiro atoms. The molecule has 0 saturated heterocycles. The third-order valence-corrected chi connectivity index (χ3v) is 8.11. The lowest BCUT2D eigenvalue weighted by Gasteiger charge is -2.35. The van der Waals surface area contributed by atoms with E-state index in [2.05, 4.69) is 37.1 Å². The first-order chi connectivity index (χ1) is 19.3. The van der Waals surface area contributed by atoms with Gasteiger partial charge in [0.15, 0.2) is 0 Å². The predicted molar refractivity (Wildman–Crippen MR) is 158 cm³/mol. The van der Waals surface area contributed by atoms with Crippen molar-refractivity contribution in [2.45, 2.75) is 39.1 Å². The van der Waals surface area contributed by atoms with Crippen molar-refractivity contribution in [3.8, 4) is 16.9 Å². The zero-order valence-electron chi connectivity index (χ0n) is 23.7. The van der Waals surface area contributed by atoms with Crippen LogP contribution in [-0.2, 0) is 24.9 Å². The lowest BCUT2D eigenvalue weighted by atomic mass is 9.96. The van der Waals surface area contributed by atoms with Crippen LogP contribution in [-0.4, -0.2) is 69.4 Å². The first-order valence-electron chi connectivity index (χ1n) is 13.9. The number of phenolic OH excluding ortho intramolecular Hbond substituents is 1. The lowest BCUT2D eigenvalue weighted by molar-refractivity contribution is -0.0242. The molecular weight excluding hydrogens is 502 g/mol. The predicted octanol–water partition coefficient (Wildman–Crippen LogP) is 5.04. The summed E-state index contributed by atoms with van der Waals surface area (Å²) in [5.41, 5.74) is 5.66.